The van der Waals surface area contributed by atoms with Gasteiger partial charge >= 0.3 is 0 Å². The van der Waals surface area contributed by atoms with Crippen LogP contribution in [0, 0.1) is 0 Å². The molecule has 0 aromatic carbocycles. The molecule has 14 heavy (non-hydrogen) atoms. The highest BCUT2D eigenvalue weighted by atomic mass is 16.5. The van der Waals surface area contributed by atoms with Crippen molar-refractivity contribution in [2.45, 2.75) is 6.04 Å². The minimum atomic E-state index is -1.21. The number of ether oxygens (including phenoxy) is 1. The third-order valence-corrected chi connectivity index (χ3v) is 1.84. The summed E-state index contributed by atoms with van der Waals surface area (Å²) in [5.74, 6) is 3.01. The van der Waals surface area contributed by atoms with Crippen LogP contribution in [0.2, 0.25) is 0 Å². The maximum absolute atomic E-state index is 11.1. The zero-order valence-electron chi connectivity index (χ0n) is 7.65. The Kier molecular flexibility index (Phi) is 3.28. The summed E-state index contributed by atoms with van der Waals surface area (Å²) in [4.78, 5) is 33.0. The SMILES string of the molecule is COCCN(N)C1C(=O)NC(=O)C1=O. The first-order chi connectivity index (χ1) is 6.57. The Bertz CT molecular complexity index is 278. The molecule has 7 heteroatoms. The lowest BCUT2D eigenvalue weighted by Gasteiger charge is -2.18. The van der Waals surface area contributed by atoms with Crippen molar-refractivity contribution in [3.8, 4) is 0 Å². The molecule has 1 aliphatic rings. The van der Waals surface area contributed by atoms with Crippen LogP contribution in [-0.4, -0.2) is 48.9 Å². The van der Waals surface area contributed by atoms with Gasteiger partial charge in [0.25, 0.3) is 11.8 Å². The van der Waals surface area contributed by atoms with Crippen molar-refractivity contribution < 1.29 is 19.1 Å². The van der Waals surface area contributed by atoms with Gasteiger partial charge in [-0.3, -0.25) is 25.5 Å². The molecule has 0 aromatic heterocycles. The Labute approximate surface area is 80.1 Å². The predicted octanol–water partition coefficient (Wildman–Crippen LogP) is -2.60. The Balaban J connectivity index is 2.62. The zero-order valence-corrected chi connectivity index (χ0v) is 7.65. The van der Waals surface area contributed by atoms with E-state index in [9.17, 15) is 14.4 Å². The molecule has 1 heterocycles. The summed E-state index contributed by atoms with van der Waals surface area (Å²) < 4.78 is 4.72. The van der Waals surface area contributed by atoms with Crippen molar-refractivity contribution in [1.82, 2.24) is 10.3 Å². The first kappa shape index (κ1) is 10.8. The zero-order chi connectivity index (χ0) is 10.7. The van der Waals surface area contributed by atoms with E-state index in [0.29, 0.717) is 0 Å². The number of nitrogens with one attached hydrogen (secondary N) is 1. The molecular formula is C7H11N3O4. The average Bonchev–Trinajstić information content (AvgIpc) is 2.38. The van der Waals surface area contributed by atoms with Gasteiger partial charge in [-0.2, -0.15) is 0 Å². The van der Waals surface area contributed by atoms with Crippen LogP contribution in [0.25, 0.3) is 0 Å². The molecule has 78 valence electrons. The lowest BCUT2D eigenvalue weighted by Crippen LogP contribution is -2.49. The second kappa shape index (κ2) is 4.27. The summed E-state index contributed by atoms with van der Waals surface area (Å²) >= 11 is 0. The van der Waals surface area contributed by atoms with Gasteiger partial charge < -0.3 is 4.74 Å². The van der Waals surface area contributed by atoms with Crippen molar-refractivity contribution in [2.24, 2.45) is 5.84 Å². The number of Topliss-reactive ketones (excluding diaryl/α,β-unsaturated/α-hetero) is 1. The molecule has 1 aliphatic heterocycles. The molecule has 1 fully saturated rings. The van der Waals surface area contributed by atoms with Gasteiger partial charge in [-0.05, 0) is 0 Å². The molecule has 0 aliphatic carbocycles. The van der Waals surface area contributed by atoms with E-state index in [2.05, 4.69) is 0 Å². The van der Waals surface area contributed by atoms with E-state index in [0.717, 1.165) is 5.01 Å². The standard InChI is InChI=1S/C7H11N3O4/c1-14-3-2-10(8)4-5(11)7(13)9-6(4)12/h4H,2-3,8H2,1H3,(H,9,12,13). The number of hydrogen-bond donors (Lipinski definition) is 2. The number of nitrogens with zero attached hydrogens (tertiary/aromatic N) is 1. The van der Waals surface area contributed by atoms with Crippen LogP contribution in [-0.2, 0) is 19.1 Å². The number of rotatable bonds is 4. The van der Waals surface area contributed by atoms with Gasteiger partial charge in [0.15, 0.2) is 6.04 Å². The smallest absolute Gasteiger partial charge is 0.296 e. The summed E-state index contributed by atoms with van der Waals surface area (Å²) in [7, 11) is 1.47. The highest BCUT2D eigenvalue weighted by molar-refractivity contribution is 6.49. The number of amides is 2. The summed E-state index contributed by atoms with van der Waals surface area (Å²) in [6.07, 6.45) is 0. The third kappa shape index (κ3) is 1.95. The second-order valence-electron chi connectivity index (χ2n) is 2.82. The highest BCUT2D eigenvalue weighted by Gasteiger charge is 2.43. The minimum absolute atomic E-state index is 0.202. The number of imide groups is 1. The molecule has 1 unspecified atom stereocenters. The average molecular weight is 201 g/mol. The molecule has 2 amide bonds. The van der Waals surface area contributed by atoms with Crippen molar-refractivity contribution in [3.63, 3.8) is 0 Å². The Morgan fingerprint density at radius 3 is 2.57 bits per heavy atom. The lowest BCUT2D eigenvalue weighted by molar-refractivity contribution is -0.137. The van der Waals surface area contributed by atoms with E-state index in [1.54, 1.807) is 0 Å². The Hall–Kier alpha value is -1.31. The maximum atomic E-state index is 11.1. The van der Waals surface area contributed by atoms with Crippen LogP contribution in [0.1, 0.15) is 0 Å². The van der Waals surface area contributed by atoms with Crippen LogP contribution in [0.5, 0.6) is 0 Å². The van der Waals surface area contributed by atoms with Gasteiger partial charge in [-0.1, -0.05) is 0 Å². The van der Waals surface area contributed by atoms with Gasteiger partial charge in [-0.15, -0.1) is 0 Å². The van der Waals surface area contributed by atoms with Crippen molar-refractivity contribution >= 4 is 17.6 Å². The highest BCUT2D eigenvalue weighted by Crippen LogP contribution is 2.03. The maximum Gasteiger partial charge on any atom is 0.296 e. The Morgan fingerprint density at radius 1 is 1.50 bits per heavy atom. The fourth-order valence-corrected chi connectivity index (χ4v) is 1.11. The first-order valence-electron chi connectivity index (χ1n) is 3.97. The van der Waals surface area contributed by atoms with Crippen molar-refractivity contribution in [1.29, 1.82) is 0 Å². The predicted molar refractivity (Wildman–Crippen MR) is 44.7 cm³/mol. The fourth-order valence-electron chi connectivity index (χ4n) is 1.11. The molecule has 0 saturated carbocycles. The number of hydrazine groups is 1. The van der Waals surface area contributed by atoms with Crippen LogP contribution < -0.4 is 11.2 Å². The number of carbonyl (C=O) groups is 3. The van der Waals surface area contributed by atoms with E-state index in [4.69, 9.17) is 10.6 Å². The summed E-state index contributed by atoms with van der Waals surface area (Å²) in [5, 5.41) is 2.88. The van der Waals surface area contributed by atoms with Crippen molar-refractivity contribution in [3.05, 3.63) is 0 Å². The summed E-state index contributed by atoms with van der Waals surface area (Å²) in [6.45, 7) is 0.482. The lowest BCUT2D eigenvalue weighted by atomic mass is 10.2. The molecule has 0 radical (unpaired) electrons. The topological polar surface area (TPSA) is 102 Å². The number of nitrogens with two attached hydrogens (primary N) is 1. The van der Waals surface area contributed by atoms with E-state index < -0.39 is 23.6 Å². The van der Waals surface area contributed by atoms with Gasteiger partial charge in [0.05, 0.1) is 6.61 Å². The fraction of sp³-hybridized carbons (Fsp3) is 0.571. The third-order valence-electron chi connectivity index (χ3n) is 1.84. The molecule has 1 rings (SSSR count). The molecule has 1 saturated heterocycles. The largest absolute Gasteiger partial charge is 0.383 e. The van der Waals surface area contributed by atoms with E-state index in [1.165, 1.54) is 7.11 Å². The number of carbonyl (C=O) groups excluding carboxylic acids is 3. The Morgan fingerprint density at radius 2 is 2.14 bits per heavy atom. The van der Waals surface area contributed by atoms with Crippen molar-refractivity contribution in [2.75, 3.05) is 20.3 Å². The molecule has 7 nitrogen and oxygen atoms in total. The molecule has 0 spiro atoms. The number of ketones is 1. The normalized spacial score (nSPS) is 21.9. The van der Waals surface area contributed by atoms with Crippen LogP contribution >= 0.6 is 0 Å². The number of methoxy groups -OCH3 is 1. The van der Waals surface area contributed by atoms with E-state index in [1.807, 2.05) is 5.32 Å². The first-order valence-corrected chi connectivity index (χ1v) is 3.97. The van der Waals surface area contributed by atoms with Gasteiger partial charge in [-0.25, -0.2) is 5.01 Å². The van der Waals surface area contributed by atoms with Gasteiger partial charge in [0, 0.05) is 13.7 Å². The monoisotopic (exact) mass is 201 g/mol. The molecule has 3 N–H and O–H groups in total. The quantitative estimate of drug-likeness (QED) is 0.170. The second-order valence-corrected chi connectivity index (χ2v) is 2.82. The van der Waals surface area contributed by atoms with E-state index >= 15 is 0 Å². The van der Waals surface area contributed by atoms with Crippen LogP contribution in [0.4, 0.5) is 0 Å². The minimum Gasteiger partial charge on any atom is -0.383 e. The van der Waals surface area contributed by atoms with Gasteiger partial charge in [0.2, 0.25) is 5.78 Å². The number of hydrogen-bond acceptors (Lipinski definition) is 6. The van der Waals surface area contributed by atoms with Crippen LogP contribution in [0.3, 0.4) is 0 Å². The molecule has 0 aromatic rings. The van der Waals surface area contributed by atoms with Gasteiger partial charge in [0.1, 0.15) is 0 Å². The van der Waals surface area contributed by atoms with E-state index in [-0.39, 0.29) is 13.2 Å². The molecule has 0 bridgehead atoms. The molecule has 1 atom stereocenters. The molecular weight excluding hydrogens is 190 g/mol. The summed E-state index contributed by atoms with van der Waals surface area (Å²) in [6, 6.07) is -1.21. The summed E-state index contributed by atoms with van der Waals surface area (Å²) in [5.41, 5.74) is 0. The van der Waals surface area contributed by atoms with Crippen LogP contribution in [0.15, 0.2) is 0 Å².